The van der Waals surface area contributed by atoms with Crippen molar-refractivity contribution in [1.82, 2.24) is 0 Å². The third-order valence-electron chi connectivity index (χ3n) is 3.25. The summed E-state index contributed by atoms with van der Waals surface area (Å²) in [7, 11) is 0. The molecule has 88 valence electrons. The summed E-state index contributed by atoms with van der Waals surface area (Å²) in [6.07, 6.45) is 2.12. The monoisotopic (exact) mass is 255 g/mol. The molecule has 1 fully saturated rings. The fraction of sp³-hybridized carbons (Fsp3) is 0.500. The Balaban J connectivity index is 2.34. The molecule has 2 rings (SSSR count). The highest BCUT2D eigenvalue weighted by atomic mass is 32.2. The van der Waals surface area contributed by atoms with E-state index in [0.717, 1.165) is 25.1 Å². The second kappa shape index (κ2) is 4.90. The van der Waals surface area contributed by atoms with Crippen LogP contribution in [0.4, 0.5) is 5.69 Å². The molecule has 0 saturated carbocycles. The van der Waals surface area contributed by atoms with E-state index in [1.54, 1.807) is 0 Å². The number of nitrogens with two attached hydrogens (primary N) is 1. The number of nitrogen functional groups attached to an aromatic ring is 1. The maximum Gasteiger partial charge on any atom is 0.0581 e. The minimum Gasteiger partial charge on any atom is -0.399 e. The van der Waals surface area contributed by atoms with Gasteiger partial charge < -0.3 is 10.5 Å². The summed E-state index contributed by atoms with van der Waals surface area (Å²) in [5.41, 5.74) is 7.62. The van der Waals surface area contributed by atoms with Crippen molar-refractivity contribution in [3.05, 3.63) is 29.8 Å². The third-order valence-corrected chi connectivity index (χ3v) is 4.24. The highest BCUT2D eigenvalue weighted by Crippen LogP contribution is 2.40. The molecule has 1 aromatic rings. The van der Waals surface area contributed by atoms with Gasteiger partial charge in [0.05, 0.1) is 11.2 Å². The maximum atomic E-state index is 5.71. The molecule has 1 aliphatic rings. The number of hydrogen-bond donors (Lipinski definition) is 3. The third kappa shape index (κ3) is 2.19. The van der Waals surface area contributed by atoms with E-state index in [0.29, 0.717) is 6.61 Å². The highest BCUT2D eigenvalue weighted by Gasteiger charge is 2.39. The van der Waals surface area contributed by atoms with Crippen molar-refractivity contribution >= 4 is 30.9 Å². The van der Waals surface area contributed by atoms with Gasteiger partial charge in [0.15, 0.2) is 0 Å². The van der Waals surface area contributed by atoms with Gasteiger partial charge in [-0.3, -0.25) is 0 Å². The van der Waals surface area contributed by atoms with Gasteiger partial charge in [0.2, 0.25) is 0 Å². The molecule has 0 radical (unpaired) electrons. The maximum absolute atomic E-state index is 5.71. The predicted octanol–water partition coefficient (Wildman–Crippen LogP) is 2.50. The summed E-state index contributed by atoms with van der Waals surface area (Å²) in [5.74, 6) is 0. The zero-order chi connectivity index (χ0) is 11.6. The Kier molecular flexibility index (Phi) is 3.72. The lowest BCUT2D eigenvalue weighted by Gasteiger charge is -2.40. The number of ether oxygens (including phenoxy) is 1. The highest BCUT2D eigenvalue weighted by molar-refractivity contribution is 7.99. The average molecular weight is 255 g/mol. The van der Waals surface area contributed by atoms with Crippen molar-refractivity contribution in [2.24, 2.45) is 0 Å². The van der Waals surface area contributed by atoms with E-state index in [-0.39, 0.29) is 10.00 Å². The molecule has 4 heteroatoms. The largest absolute Gasteiger partial charge is 0.399 e. The molecule has 2 nitrogen and oxygen atoms in total. The topological polar surface area (TPSA) is 35.2 Å². The molecule has 1 heterocycles. The molecule has 1 aliphatic heterocycles. The van der Waals surface area contributed by atoms with Gasteiger partial charge in [-0.05, 0) is 30.5 Å². The minimum absolute atomic E-state index is 0.0172. The molecule has 0 aliphatic carbocycles. The summed E-state index contributed by atoms with van der Waals surface area (Å²) >= 11 is 9.03. The quantitative estimate of drug-likeness (QED) is 0.431. The van der Waals surface area contributed by atoms with Gasteiger partial charge in [-0.1, -0.05) is 12.1 Å². The molecule has 1 saturated heterocycles. The summed E-state index contributed by atoms with van der Waals surface area (Å²) < 4.78 is 5.59. The summed E-state index contributed by atoms with van der Waals surface area (Å²) in [6.45, 7) is 1.53. The van der Waals surface area contributed by atoms with E-state index in [9.17, 15) is 0 Å². The fourth-order valence-electron chi connectivity index (χ4n) is 2.21. The van der Waals surface area contributed by atoms with Crippen LogP contribution in [0, 0.1) is 0 Å². The standard InChI is InChI=1S/C12H17NOS2/c13-10-4-2-9(3-5-10)12(11(15)16)6-1-7-14-8-12/h2-5,11,15-16H,1,6-8,13H2. The Morgan fingerprint density at radius 3 is 2.44 bits per heavy atom. The molecule has 1 atom stereocenters. The van der Waals surface area contributed by atoms with Gasteiger partial charge in [0.25, 0.3) is 0 Å². The molecule has 0 spiro atoms. The number of hydrogen-bond acceptors (Lipinski definition) is 4. The van der Waals surface area contributed by atoms with Crippen LogP contribution in [0.2, 0.25) is 0 Å². The Morgan fingerprint density at radius 2 is 1.94 bits per heavy atom. The van der Waals surface area contributed by atoms with E-state index >= 15 is 0 Å². The van der Waals surface area contributed by atoms with E-state index in [4.69, 9.17) is 10.5 Å². The fourth-order valence-corrected chi connectivity index (χ4v) is 2.92. The van der Waals surface area contributed by atoms with Gasteiger partial charge in [-0.25, -0.2) is 0 Å². The second-order valence-corrected chi connectivity index (χ2v) is 5.75. The summed E-state index contributed by atoms with van der Waals surface area (Å²) in [4.78, 5) is 0. The van der Waals surface area contributed by atoms with Crippen LogP contribution in [0.3, 0.4) is 0 Å². The molecule has 0 bridgehead atoms. The molecule has 2 N–H and O–H groups in total. The summed E-state index contributed by atoms with van der Waals surface area (Å²) in [5, 5.41) is 0. The van der Waals surface area contributed by atoms with E-state index in [1.807, 2.05) is 12.1 Å². The zero-order valence-electron chi connectivity index (χ0n) is 9.10. The average Bonchev–Trinajstić information content (AvgIpc) is 2.30. The number of benzene rings is 1. The SMILES string of the molecule is Nc1ccc(C2(C(S)S)CCCOC2)cc1. The lowest BCUT2D eigenvalue weighted by molar-refractivity contribution is 0.0412. The predicted molar refractivity (Wildman–Crippen MR) is 74.3 cm³/mol. The first-order valence-electron chi connectivity index (χ1n) is 5.45. The van der Waals surface area contributed by atoms with Crippen LogP contribution >= 0.6 is 25.3 Å². The molecule has 0 amide bonds. The van der Waals surface area contributed by atoms with Gasteiger partial charge >= 0.3 is 0 Å². The minimum atomic E-state index is -0.0851. The first-order chi connectivity index (χ1) is 7.65. The van der Waals surface area contributed by atoms with Crippen LogP contribution in [0.1, 0.15) is 18.4 Å². The van der Waals surface area contributed by atoms with Crippen molar-refractivity contribution in [2.75, 3.05) is 18.9 Å². The molecular formula is C12H17NOS2. The Hall–Kier alpha value is -0.320. The Morgan fingerprint density at radius 1 is 1.25 bits per heavy atom. The number of rotatable bonds is 2. The van der Waals surface area contributed by atoms with Crippen LogP contribution in [-0.4, -0.2) is 17.8 Å². The number of thiol groups is 2. The van der Waals surface area contributed by atoms with Crippen LogP contribution in [-0.2, 0) is 10.2 Å². The van der Waals surface area contributed by atoms with Crippen molar-refractivity contribution in [3.63, 3.8) is 0 Å². The first kappa shape index (κ1) is 12.1. The van der Waals surface area contributed by atoms with Crippen molar-refractivity contribution in [1.29, 1.82) is 0 Å². The Bertz CT molecular complexity index is 345. The second-order valence-electron chi connectivity index (χ2n) is 4.31. The van der Waals surface area contributed by atoms with Crippen LogP contribution < -0.4 is 5.73 Å². The lowest BCUT2D eigenvalue weighted by atomic mass is 9.77. The van der Waals surface area contributed by atoms with E-state index in [2.05, 4.69) is 37.4 Å². The molecule has 1 aromatic carbocycles. The van der Waals surface area contributed by atoms with Crippen molar-refractivity contribution in [2.45, 2.75) is 22.8 Å². The van der Waals surface area contributed by atoms with E-state index in [1.165, 1.54) is 5.56 Å². The normalized spacial score (nSPS) is 25.9. The smallest absolute Gasteiger partial charge is 0.0581 e. The number of anilines is 1. The molecular weight excluding hydrogens is 238 g/mol. The van der Waals surface area contributed by atoms with Crippen molar-refractivity contribution in [3.8, 4) is 0 Å². The lowest BCUT2D eigenvalue weighted by Crippen LogP contribution is -2.41. The molecule has 0 aromatic heterocycles. The van der Waals surface area contributed by atoms with Gasteiger partial charge in [0.1, 0.15) is 0 Å². The van der Waals surface area contributed by atoms with Crippen LogP contribution in [0.5, 0.6) is 0 Å². The van der Waals surface area contributed by atoms with E-state index < -0.39 is 0 Å². The van der Waals surface area contributed by atoms with Gasteiger partial charge in [-0.2, -0.15) is 25.3 Å². The van der Waals surface area contributed by atoms with Crippen molar-refractivity contribution < 1.29 is 4.74 Å². The zero-order valence-corrected chi connectivity index (χ0v) is 10.9. The first-order valence-corrected chi connectivity index (χ1v) is 6.48. The molecule has 1 unspecified atom stereocenters. The molecule has 16 heavy (non-hydrogen) atoms. The summed E-state index contributed by atoms with van der Waals surface area (Å²) in [6, 6.07) is 7.97. The van der Waals surface area contributed by atoms with Crippen LogP contribution in [0.15, 0.2) is 24.3 Å². The van der Waals surface area contributed by atoms with Gasteiger partial charge in [0, 0.05) is 17.7 Å². The van der Waals surface area contributed by atoms with Crippen LogP contribution in [0.25, 0.3) is 0 Å². The Labute approximate surface area is 107 Å². The van der Waals surface area contributed by atoms with Gasteiger partial charge in [-0.15, -0.1) is 0 Å².